The summed E-state index contributed by atoms with van der Waals surface area (Å²) in [5.41, 5.74) is 2.59. The molecule has 4 heteroatoms. The van der Waals surface area contributed by atoms with Crippen LogP contribution in [0.5, 0.6) is 0 Å². The summed E-state index contributed by atoms with van der Waals surface area (Å²) in [7, 11) is 5.98. The molecule has 0 aliphatic heterocycles. The van der Waals surface area contributed by atoms with Crippen LogP contribution in [0.1, 0.15) is 31.9 Å². The molecule has 0 aromatic heterocycles. The largest absolute Gasteiger partial charge is 0.354 e. The molecule has 0 spiro atoms. The number of nitrogens with zero attached hydrogens (tertiary/aromatic N) is 2. The van der Waals surface area contributed by atoms with E-state index in [1.807, 2.05) is 7.05 Å². The molecule has 0 fully saturated rings. The molecule has 1 unspecified atom stereocenters. The third-order valence-corrected chi connectivity index (χ3v) is 3.57. The summed E-state index contributed by atoms with van der Waals surface area (Å²) < 4.78 is 0. The highest BCUT2D eigenvalue weighted by Crippen LogP contribution is 2.06. The molecule has 0 saturated heterocycles. The highest BCUT2D eigenvalue weighted by molar-refractivity contribution is 5.79. The van der Waals surface area contributed by atoms with Gasteiger partial charge in [-0.15, -0.1) is 0 Å². The molecule has 0 amide bonds. The van der Waals surface area contributed by atoms with E-state index in [1.165, 1.54) is 11.1 Å². The van der Waals surface area contributed by atoms with E-state index in [-0.39, 0.29) is 0 Å². The molecule has 2 N–H and O–H groups in total. The van der Waals surface area contributed by atoms with Crippen LogP contribution in [0.2, 0.25) is 0 Å². The Morgan fingerprint density at radius 2 is 1.67 bits per heavy atom. The van der Waals surface area contributed by atoms with Gasteiger partial charge in [-0.25, -0.2) is 0 Å². The first-order chi connectivity index (χ1) is 9.92. The summed E-state index contributed by atoms with van der Waals surface area (Å²) in [6.07, 6.45) is 0. The Labute approximate surface area is 129 Å². The van der Waals surface area contributed by atoms with Gasteiger partial charge in [0.25, 0.3) is 0 Å². The molecule has 4 nitrogen and oxygen atoms in total. The molecule has 0 heterocycles. The fourth-order valence-electron chi connectivity index (χ4n) is 1.89. The smallest absolute Gasteiger partial charge is 0.191 e. The fraction of sp³-hybridized carbons (Fsp3) is 0.588. The maximum absolute atomic E-state index is 4.27. The Hall–Kier alpha value is -1.55. The highest BCUT2D eigenvalue weighted by atomic mass is 15.2. The van der Waals surface area contributed by atoms with Gasteiger partial charge in [0.1, 0.15) is 0 Å². The molecular weight excluding hydrogens is 260 g/mol. The van der Waals surface area contributed by atoms with Crippen LogP contribution in [0.4, 0.5) is 0 Å². The first kappa shape index (κ1) is 17.5. The summed E-state index contributed by atoms with van der Waals surface area (Å²) in [4.78, 5) is 6.44. The van der Waals surface area contributed by atoms with Crippen LogP contribution < -0.4 is 10.6 Å². The topological polar surface area (TPSA) is 39.7 Å². The number of hydrogen-bond donors (Lipinski definition) is 2. The molecule has 21 heavy (non-hydrogen) atoms. The standard InChI is InChI=1S/C17H30N4/c1-13(2)14(3)20-17(18-4)19-11-15-7-9-16(10-8-15)12-21(5)6/h7-10,13-14H,11-12H2,1-6H3,(H2,18,19,20). The molecule has 0 aliphatic carbocycles. The minimum atomic E-state index is 0.402. The zero-order valence-corrected chi connectivity index (χ0v) is 14.3. The molecular formula is C17H30N4. The Balaban J connectivity index is 2.50. The number of nitrogens with one attached hydrogen (secondary N) is 2. The lowest BCUT2D eigenvalue weighted by atomic mass is 10.1. The van der Waals surface area contributed by atoms with Crippen LogP contribution in [-0.4, -0.2) is 38.0 Å². The lowest BCUT2D eigenvalue weighted by Crippen LogP contribution is -2.43. The van der Waals surface area contributed by atoms with Crippen molar-refractivity contribution in [1.29, 1.82) is 0 Å². The van der Waals surface area contributed by atoms with Gasteiger partial charge in [0.2, 0.25) is 0 Å². The van der Waals surface area contributed by atoms with Gasteiger partial charge in [0.05, 0.1) is 0 Å². The van der Waals surface area contributed by atoms with Gasteiger partial charge >= 0.3 is 0 Å². The predicted octanol–water partition coefficient (Wildman–Crippen LogP) is 2.46. The summed E-state index contributed by atoms with van der Waals surface area (Å²) in [5.74, 6) is 1.43. The first-order valence-electron chi connectivity index (χ1n) is 7.62. The number of guanidine groups is 1. The molecule has 0 bridgehead atoms. The van der Waals surface area contributed by atoms with E-state index in [1.54, 1.807) is 0 Å². The SMILES string of the molecule is CN=C(NCc1ccc(CN(C)C)cc1)NC(C)C(C)C. The van der Waals surface area contributed by atoms with Gasteiger partial charge in [0, 0.05) is 26.2 Å². The molecule has 0 aliphatic rings. The van der Waals surface area contributed by atoms with Crippen molar-refractivity contribution in [2.75, 3.05) is 21.1 Å². The quantitative estimate of drug-likeness (QED) is 0.624. The first-order valence-corrected chi connectivity index (χ1v) is 7.62. The average molecular weight is 290 g/mol. The van der Waals surface area contributed by atoms with Crippen LogP contribution in [-0.2, 0) is 13.1 Å². The van der Waals surface area contributed by atoms with Crippen molar-refractivity contribution in [2.45, 2.75) is 39.9 Å². The van der Waals surface area contributed by atoms with Crippen molar-refractivity contribution in [3.8, 4) is 0 Å². The van der Waals surface area contributed by atoms with E-state index in [2.05, 4.69) is 79.7 Å². The van der Waals surface area contributed by atoms with Crippen LogP contribution in [0, 0.1) is 5.92 Å². The Bertz CT molecular complexity index is 435. The summed E-state index contributed by atoms with van der Waals surface area (Å²) in [5, 5.41) is 6.77. The van der Waals surface area contributed by atoms with Crippen molar-refractivity contribution in [2.24, 2.45) is 10.9 Å². The van der Waals surface area contributed by atoms with E-state index >= 15 is 0 Å². The maximum Gasteiger partial charge on any atom is 0.191 e. The van der Waals surface area contributed by atoms with Crippen LogP contribution >= 0.6 is 0 Å². The van der Waals surface area contributed by atoms with Crippen LogP contribution in [0.15, 0.2) is 29.3 Å². The van der Waals surface area contributed by atoms with Gasteiger partial charge < -0.3 is 15.5 Å². The minimum absolute atomic E-state index is 0.402. The zero-order valence-electron chi connectivity index (χ0n) is 14.3. The number of hydrogen-bond acceptors (Lipinski definition) is 2. The van der Waals surface area contributed by atoms with Crippen molar-refractivity contribution in [1.82, 2.24) is 15.5 Å². The van der Waals surface area contributed by atoms with E-state index in [0.717, 1.165) is 19.0 Å². The maximum atomic E-state index is 4.27. The van der Waals surface area contributed by atoms with Crippen molar-refractivity contribution < 1.29 is 0 Å². The van der Waals surface area contributed by atoms with Gasteiger partial charge in [-0.05, 0) is 38.1 Å². The third kappa shape index (κ3) is 6.63. The van der Waals surface area contributed by atoms with Gasteiger partial charge in [-0.1, -0.05) is 38.1 Å². The Kier molecular flexibility index (Phi) is 7.23. The van der Waals surface area contributed by atoms with E-state index in [0.29, 0.717) is 12.0 Å². The lowest BCUT2D eigenvalue weighted by molar-refractivity contribution is 0.402. The summed E-state index contributed by atoms with van der Waals surface area (Å²) in [6.45, 7) is 8.34. The van der Waals surface area contributed by atoms with Crippen molar-refractivity contribution in [3.63, 3.8) is 0 Å². The second kappa shape index (κ2) is 8.67. The zero-order chi connectivity index (χ0) is 15.8. The van der Waals surface area contributed by atoms with Crippen LogP contribution in [0.3, 0.4) is 0 Å². The second-order valence-electron chi connectivity index (χ2n) is 6.16. The van der Waals surface area contributed by atoms with Crippen molar-refractivity contribution in [3.05, 3.63) is 35.4 Å². The van der Waals surface area contributed by atoms with E-state index in [4.69, 9.17) is 0 Å². The minimum Gasteiger partial charge on any atom is -0.354 e. The van der Waals surface area contributed by atoms with Gasteiger partial charge in [-0.2, -0.15) is 0 Å². The normalized spacial score (nSPS) is 13.6. The number of aliphatic imine (C=N–C) groups is 1. The number of rotatable bonds is 6. The fourth-order valence-corrected chi connectivity index (χ4v) is 1.89. The molecule has 0 radical (unpaired) electrons. The molecule has 1 atom stereocenters. The van der Waals surface area contributed by atoms with Crippen LogP contribution in [0.25, 0.3) is 0 Å². The third-order valence-electron chi connectivity index (χ3n) is 3.57. The van der Waals surface area contributed by atoms with E-state index in [9.17, 15) is 0 Å². The molecule has 0 saturated carbocycles. The molecule has 1 aromatic carbocycles. The average Bonchev–Trinajstić information content (AvgIpc) is 2.44. The van der Waals surface area contributed by atoms with E-state index < -0.39 is 0 Å². The summed E-state index contributed by atoms with van der Waals surface area (Å²) >= 11 is 0. The predicted molar refractivity (Wildman–Crippen MR) is 91.5 cm³/mol. The number of benzene rings is 1. The van der Waals surface area contributed by atoms with Gasteiger partial charge in [0.15, 0.2) is 5.96 Å². The molecule has 1 aromatic rings. The molecule has 1 rings (SSSR count). The highest BCUT2D eigenvalue weighted by Gasteiger charge is 2.08. The Morgan fingerprint density at radius 3 is 2.14 bits per heavy atom. The lowest BCUT2D eigenvalue weighted by Gasteiger charge is -2.20. The van der Waals surface area contributed by atoms with Gasteiger partial charge in [-0.3, -0.25) is 4.99 Å². The second-order valence-corrected chi connectivity index (χ2v) is 6.16. The summed E-state index contributed by atoms with van der Waals surface area (Å²) in [6, 6.07) is 9.11. The monoisotopic (exact) mass is 290 g/mol. The molecule has 118 valence electrons. The Morgan fingerprint density at radius 1 is 1.10 bits per heavy atom. The van der Waals surface area contributed by atoms with Crippen molar-refractivity contribution >= 4 is 5.96 Å².